The summed E-state index contributed by atoms with van der Waals surface area (Å²) in [5, 5.41) is 2.99. The van der Waals surface area contributed by atoms with Crippen LogP contribution in [0.25, 0.3) is 11.2 Å². The number of aryl methyl sites for hydroxylation is 1. The number of nitrogens with one attached hydrogen (secondary N) is 1. The van der Waals surface area contributed by atoms with E-state index in [1.807, 2.05) is 0 Å². The van der Waals surface area contributed by atoms with Gasteiger partial charge in [-0.1, -0.05) is 41.9 Å². The van der Waals surface area contributed by atoms with Crippen molar-refractivity contribution in [2.45, 2.75) is 12.6 Å². The lowest BCUT2D eigenvalue weighted by Crippen LogP contribution is -2.37. The highest BCUT2D eigenvalue weighted by molar-refractivity contribution is 6.32. The Morgan fingerprint density at radius 2 is 1.81 bits per heavy atom. The standard InChI is InChI=1S/C24H22ClN5O6/c1-28-21-19(23(33)29(2)24(28)34)30(13-26-21)12-18(31)36-20(14-7-5-4-6-8-14)22(32)27-15-9-10-17(35-3)16(25)11-15/h4-11,13,20H,12H2,1-3H3,(H,27,32)/t20-/m1/s1. The molecule has 1 atom stereocenters. The lowest BCUT2D eigenvalue weighted by atomic mass is 10.1. The first-order valence-electron chi connectivity index (χ1n) is 10.7. The molecule has 0 spiro atoms. The predicted molar refractivity (Wildman–Crippen MR) is 132 cm³/mol. The van der Waals surface area contributed by atoms with Gasteiger partial charge < -0.3 is 19.4 Å². The van der Waals surface area contributed by atoms with E-state index in [0.717, 1.165) is 4.57 Å². The van der Waals surface area contributed by atoms with Crippen LogP contribution >= 0.6 is 11.6 Å². The number of hydrogen-bond acceptors (Lipinski definition) is 7. The minimum absolute atomic E-state index is 0.0603. The van der Waals surface area contributed by atoms with E-state index in [-0.39, 0.29) is 11.2 Å². The molecule has 0 saturated carbocycles. The molecule has 2 aromatic heterocycles. The van der Waals surface area contributed by atoms with Gasteiger partial charge in [-0.05, 0) is 18.2 Å². The van der Waals surface area contributed by atoms with Gasteiger partial charge in [0, 0.05) is 25.3 Å². The van der Waals surface area contributed by atoms with Crippen LogP contribution < -0.4 is 21.3 Å². The number of rotatable bonds is 7. The first kappa shape index (κ1) is 24.7. The fraction of sp³-hybridized carbons (Fsp3) is 0.208. The number of carbonyl (C=O) groups excluding carboxylic acids is 2. The van der Waals surface area contributed by atoms with E-state index in [0.29, 0.717) is 22.0 Å². The summed E-state index contributed by atoms with van der Waals surface area (Å²) < 4.78 is 14.1. The highest BCUT2D eigenvalue weighted by atomic mass is 35.5. The quantitative estimate of drug-likeness (QED) is 0.376. The maximum Gasteiger partial charge on any atom is 0.332 e. The summed E-state index contributed by atoms with van der Waals surface area (Å²) in [7, 11) is 4.28. The van der Waals surface area contributed by atoms with Crippen LogP contribution in [-0.2, 0) is 35.0 Å². The fourth-order valence-electron chi connectivity index (χ4n) is 3.68. The number of halogens is 1. The zero-order valence-corrected chi connectivity index (χ0v) is 20.4. The van der Waals surface area contributed by atoms with Gasteiger partial charge in [-0.25, -0.2) is 9.78 Å². The molecular formula is C24H22ClN5O6. The van der Waals surface area contributed by atoms with E-state index in [1.165, 1.54) is 42.7 Å². The number of nitrogens with zero attached hydrogens (tertiary/aromatic N) is 4. The van der Waals surface area contributed by atoms with Crippen molar-refractivity contribution in [1.29, 1.82) is 0 Å². The van der Waals surface area contributed by atoms with E-state index in [1.54, 1.807) is 42.5 Å². The topological polar surface area (TPSA) is 126 Å². The lowest BCUT2D eigenvalue weighted by molar-refractivity contribution is -0.155. The molecule has 11 nitrogen and oxygen atoms in total. The van der Waals surface area contributed by atoms with Crippen LogP contribution in [0.2, 0.25) is 5.02 Å². The van der Waals surface area contributed by atoms with Gasteiger partial charge in [0.2, 0.25) is 6.10 Å². The number of carbonyl (C=O) groups is 2. The molecule has 1 amide bonds. The molecule has 0 bridgehead atoms. The zero-order chi connectivity index (χ0) is 26.0. The monoisotopic (exact) mass is 511 g/mol. The van der Waals surface area contributed by atoms with Crippen molar-refractivity contribution in [3.05, 3.63) is 86.3 Å². The van der Waals surface area contributed by atoms with E-state index in [4.69, 9.17) is 21.1 Å². The molecule has 0 fully saturated rings. The van der Waals surface area contributed by atoms with Gasteiger partial charge in [0.25, 0.3) is 11.5 Å². The molecule has 12 heteroatoms. The first-order chi connectivity index (χ1) is 17.2. The average molecular weight is 512 g/mol. The molecule has 0 aliphatic heterocycles. The molecular weight excluding hydrogens is 490 g/mol. The number of aromatic nitrogens is 4. The Labute approximate surface area is 209 Å². The second-order valence-electron chi connectivity index (χ2n) is 7.87. The van der Waals surface area contributed by atoms with Gasteiger partial charge in [0.15, 0.2) is 11.2 Å². The summed E-state index contributed by atoms with van der Waals surface area (Å²) in [6, 6.07) is 13.2. The molecule has 4 aromatic rings. The van der Waals surface area contributed by atoms with Gasteiger partial charge in [-0.3, -0.25) is 23.5 Å². The Kier molecular flexibility index (Phi) is 6.93. The number of fused-ring (bicyclic) bond motifs is 1. The van der Waals surface area contributed by atoms with Crippen LogP contribution in [-0.4, -0.2) is 37.7 Å². The van der Waals surface area contributed by atoms with E-state index in [2.05, 4.69) is 10.3 Å². The van der Waals surface area contributed by atoms with Crippen molar-refractivity contribution in [2.75, 3.05) is 12.4 Å². The third-order valence-corrected chi connectivity index (χ3v) is 5.82. The van der Waals surface area contributed by atoms with Gasteiger partial charge in [0.05, 0.1) is 18.5 Å². The largest absolute Gasteiger partial charge is 0.495 e. The Balaban J connectivity index is 1.60. The third kappa shape index (κ3) is 4.73. The molecule has 2 heterocycles. The summed E-state index contributed by atoms with van der Waals surface area (Å²) in [6.07, 6.45) is -0.0227. The Morgan fingerprint density at radius 3 is 2.47 bits per heavy atom. The van der Waals surface area contributed by atoms with Crippen molar-refractivity contribution in [1.82, 2.24) is 18.7 Å². The zero-order valence-electron chi connectivity index (χ0n) is 19.6. The molecule has 4 rings (SSSR count). The van der Waals surface area contributed by atoms with Crippen molar-refractivity contribution < 1.29 is 19.1 Å². The highest BCUT2D eigenvalue weighted by Gasteiger charge is 2.26. The summed E-state index contributed by atoms with van der Waals surface area (Å²) in [4.78, 5) is 54.9. The molecule has 0 unspecified atom stereocenters. The number of imidazole rings is 1. The fourth-order valence-corrected chi connectivity index (χ4v) is 3.94. The van der Waals surface area contributed by atoms with E-state index >= 15 is 0 Å². The number of amides is 1. The minimum Gasteiger partial charge on any atom is -0.495 e. The van der Waals surface area contributed by atoms with Gasteiger partial charge in [-0.2, -0.15) is 0 Å². The SMILES string of the molecule is COc1ccc(NC(=O)[C@H](OC(=O)Cn2cnc3c2c(=O)n(C)c(=O)n3C)c2ccccc2)cc1Cl. The summed E-state index contributed by atoms with van der Waals surface area (Å²) >= 11 is 6.15. The maximum atomic E-state index is 13.1. The normalized spacial score (nSPS) is 11.8. The summed E-state index contributed by atoms with van der Waals surface area (Å²) in [5.74, 6) is -0.955. The molecule has 0 aliphatic rings. The van der Waals surface area contributed by atoms with Crippen molar-refractivity contribution in [3.8, 4) is 5.75 Å². The molecule has 0 aliphatic carbocycles. The van der Waals surface area contributed by atoms with Crippen LogP contribution in [0, 0.1) is 0 Å². The number of anilines is 1. The predicted octanol–water partition coefficient (Wildman–Crippen LogP) is 2.02. The molecule has 1 N–H and O–H groups in total. The summed E-state index contributed by atoms with van der Waals surface area (Å²) in [6.45, 7) is -0.408. The minimum atomic E-state index is -1.29. The van der Waals surface area contributed by atoms with Crippen LogP contribution in [0.3, 0.4) is 0 Å². The van der Waals surface area contributed by atoms with Crippen LogP contribution in [0.1, 0.15) is 11.7 Å². The van der Waals surface area contributed by atoms with E-state index < -0.39 is 35.8 Å². The van der Waals surface area contributed by atoms with Crippen LogP contribution in [0.4, 0.5) is 5.69 Å². The van der Waals surface area contributed by atoms with Crippen molar-refractivity contribution >= 4 is 40.3 Å². The lowest BCUT2D eigenvalue weighted by Gasteiger charge is -2.18. The average Bonchev–Trinajstić information content (AvgIpc) is 3.28. The van der Waals surface area contributed by atoms with Crippen molar-refractivity contribution in [2.24, 2.45) is 14.1 Å². The second kappa shape index (κ2) is 10.1. The smallest absolute Gasteiger partial charge is 0.332 e. The van der Waals surface area contributed by atoms with Gasteiger partial charge in [0.1, 0.15) is 12.3 Å². The number of esters is 1. The highest BCUT2D eigenvalue weighted by Crippen LogP contribution is 2.28. The molecule has 0 radical (unpaired) electrons. The van der Waals surface area contributed by atoms with Crippen LogP contribution in [0.5, 0.6) is 5.75 Å². The number of methoxy groups -OCH3 is 1. The molecule has 36 heavy (non-hydrogen) atoms. The third-order valence-electron chi connectivity index (χ3n) is 5.53. The molecule has 186 valence electrons. The van der Waals surface area contributed by atoms with E-state index in [9.17, 15) is 19.2 Å². The summed E-state index contributed by atoms with van der Waals surface area (Å²) in [5.41, 5.74) is -0.133. The Morgan fingerprint density at radius 1 is 1.08 bits per heavy atom. The van der Waals surface area contributed by atoms with Gasteiger partial charge in [-0.15, -0.1) is 0 Å². The van der Waals surface area contributed by atoms with Crippen molar-refractivity contribution in [3.63, 3.8) is 0 Å². The number of ether oxygens (including phenoxy) is 2. The van der Waals surface area contributed by atoms with Gasteiger partial charge >= 0.3 is 11.7 Å². The molecule has 2 aromatic carbocycles. The second-order valence-corrected chi connectivity index (χ2v) is 8.28. The number of benzene rings is 2. The molecule has 0 saturated heterocycles. The Hall–Kier alpha value is -4.38. The maximum absolute atomic E-state index is 13.1. The Bertz CT molecular complexity index is 1570. The first-order valence-corrected chi connectivity index (χ1v) is 11.1. The number of hydrogen-bond donors (Lipinski definition) is 1. The van der Waals surface area contributed by atoms with Crippen LogP contribution in [0.15, 0.2) is 64.4 Å².